The number of nitrogens with zero attached hydrogens (tertiary/aromatic N) is 2. The lowest BCUT2D eigenvalue weighted by atomic mass is 10.1. The molecular weight excluding hydrogens is 468 g/mol. The van der Waals surface area contributed by atoms with E-state index in [1.165, 1.54) is 0 Å². The minimum atomic E-state index is -0.828. The summed E-state index contributed by atoms with van der Waals surface area (Å²) in [5.74, 6) is 0.976. The number of ether oxygens (including phenoxy) is 1. The van der Waals surface area contributed by atoms with Crippen molar-refractivity contribution in [1.82, 2.24) is 14.5 Å². The Morgan fingerprint density at radius 1 is 0.973 bits per heavy atom. The molecule has 1 amide bonds. The number of carbonyl (C=O) groups excluding carboxylic acids is 1. The number of aliphatic hydroxyl groups excluding tert-OH is 1. The zero-order chi connectivity index (χ0) is 26.5. The molecule has 8 heteroatoms. The minimum absolute atomic E-state index is 0.0752. The van der Waals surface area contributed by atoms with Gasteiger partial charge in [0, 0.05) is 38.4 Å². The van der Waals surface area contributed by atoms with Crippen LogP contribution in [0.4, 0.5) is 5.69 Å². The van der Waals surface area contributed by atoms with E-state index in [0.717, 1.165) is 22.3 Å². The average molecular weight is 503 g/mol. The number of anilines is 1. The molecule has 0 aliphatic heterocycles. The van der Waals surface area contributed by atoms with Crippen molar-refractivity contribution in [2.45, 2.75) is 26.5 Å². The summed E-state index contributed by atoms with van der Waals surface area (Å²) in [6.45, 7) is 5.45. The summed E-state index contributed by atoms with van der Waals surface area (Å²) < 4.78 is 8.95. The van der Waals surface area contributed by atoms with Gasteiger partial charge in [0.25, 0.3) is 5.91 Å². The van der Waals surface area contributed by atoms with Crippen LogP contribution in [0.15, 0.2) is 71.5 Å². The standard InChI is InChI=1S/C29H34N4O4/c1-19(2)16-31-28(35)22-6-5-7-23(14-22)30-17-20-8-11-24(12-9-20)37-18-27(34)21-10-13-25-26(15-21)33(4)29(36)32(25)3/h5-15,19,27,30,34H,16-18H2,1-4H3,(H,31,35). The first-order valence-corrected chi connectivity index (χ1v) is 12.4. The van der Waals surface area contributed by atoms with Crippen LogP contribution >= 0.6 is 0 Å². The highest BCUT2D eigenvalue weighted by Gasteiger charge is 2.13. The zero-order valence-electron chi connectivity index (χ0n) is 21.7. The van der Waals surface area contributed by atoms with Gasteiger partial charge in [0.2, 0.25) is 0 Å². The van der Waals surface area contributed by atoms with E-state index in [-0.39, 0.29) is 18.2 Å². The summed E-state index contributed by atoms with van der Waals surface area (Å²) in [4.78, 5) is 24.5. The third kappa shape index (κ3) is 6.21. The summed E-state index contributed by atoms with van der Waals surface area (Å²) >= 11 is 0. The van der Waals surface area contributed by atoms with E-state index in [0.29, 0.717) is 35.9 Å². The Balaban J connectivity index is 1.31. The smallest absolute Gasteiger partial charge is 0.328 e. The molecule has 3 N–H and O–H groups in total. The fraction of sp³-hybridized carbons (Fsp3) is 0.310. The maximum atomic E-state index is 12.3. The lowest BCUT2D eigenvalue weighted by Gasteiger charge is -2.14. The van der Waals surface area contributed by atoms with Gasteiger partial charge >= 0.3 is 5.69 Å². The Morgan fingerprint density at radius 2 is 1.70 bits per heavy atom. The number of hydrogen-bond donors (Lipinski definition) is 3. The zero-order valence-corrected chi connectivity index (χ0v) is 21.7. The maximum absolute atomic E-state index is 12.3. The highest BCUT2D eigenvalue weighted by molar-refractivity contribution is 5.95. The van der Waals surface area contributed by atoms with E-state index in [1.54, 1.807) is 29.3 Å². The fourth-order valence-corrected chi connectivity index (χ4v) is 4.08. The lowest BCUT2D eigenvalue weighted by molar-refractivity contribution is 0.0949. The second kappa shape index (κ2) is 11.3. The van der Waals surface area contributed by atoms with E-state index in [4.69, 9.17) is 4.74 Å². The molecule has 0 bridgehead atoms. The Bertz CT molecular complexity index is 1440. The molecule has 194 valence electrons. The van der Waals surface area contributed by atoms with Crippen LogP contribution in [0.2, 0.25) is 0 Å². The van der Waals surface area contributed by atoms with Gasteiger partial charge in [0.05, 0.1) is 11.0 Å². The summed E-state index contributed by atoms with van der Waals surface area (Å²) in [6.07, 6.45) is -0.828. The maximum Gasteiger partial charge on any atom is 0.328 e. The van der Waals surface area contributed by atoms with Crippen LogP contribution in [-0.2, 0) is 20.6 Å². The Hall–Kier alpha value is -4.04. The Labute approximate surface area is 216 Å². The average Bonchev–Trinajstić information content (AvgIpc) is 3.13. The van der Waals surface area contributed by atoms with Gasteiger partial charge in [-0.05, 0) is 59.5 Å². The molecule has 0 fully saturated rings. The predicted molar refractivity (Wildman–Crippen MR) is 146 cm³/mol. The topological polar surface area (TPSA) is 97.5 Å². The first-order valence-electron chi connectivity index (χ1n) is 12.4. The van der Waals surface area contributed by atoms with E-state index >= 15 is 0 Å². The molecule has 4 aromatic rings. The number of aromatic nitrogens is 2. The molecule has 1 heterocycles. The molecular formula is C29H34N4O4. The molecule has 0 spiro atoms. The number of imidazole rings is 1. The van der Waals surface area contributed by atoms with Crippen LogP contribution < -0.4 is 21.1 Å². The number of aryl methyl sites for hydroxylation is 2. The molecule has 0 aliphatic rings. The number of hydrogen-bond acceptors (Lipinski definition) is 5. The number of benzene rings is 3. The quantitative estimate of drug-likeness (QED) is 0.305. The molecule has 1 unspecified atom stereocenters. The van der Waals surface area contributed by atoms with Crippen molar-refractivity contribution in [2.24, 2.45) is 20.0 Å². The molecule has 0 saturated carbocycles. The Morgan fingerprint density at radius 3 is 2.43 bits per heavy atom. The first kappa shape index (κ1) is 26.0. The summed E-state index contributed by atoms with van der Waals surface area (Å²) in [6, 6.07) is 20.6. The fourth-order valence-electron chi connectivity index (χ4n) is 4.08. The minimum Gasteiger partial charge on any atom is -0.491 e. The number of nitrogens with one attached hydrogen (secondary N) is 2. The largest absolute Gasteiger partial charge is 0.491 e. The van der Waals surface area contributed by atoms with E-state index in [9.17, 15) is 14.7 Å². The second-order valence-corrected chi connectivity index (χ2v) is 9.66. The third-order valence-electron chi connectivity index (χ3n) is 6.30. The van der Waals surface area contributed by atoms with Crippen LogP contribution in [-0.4, -0.2) is 33.3 Å². The number of aliphatic hydroxyl groups is 1. The van der Waals surface area contributed by atoms with Crippen molar-refractivity contribution >= 4 is 22.6 Å². The summed E-state index contributed by atoms with van der Waals surface area (Å²) in [5, 5.41) is 16.9. The van der Waals surface area contributed by atoms with Crippen LogP contribution in [0.1, 0.15) is 41.4 Å². The van der Waals surface area contributed by atoms with Crippen molar-refractivity contribution in [3.63, 3.8) is 0 Å². The van der Waals surface area contributed by atoms with Crippen LogP contribution in [0.3, 0.4) is 0 Å². The van der Waals surface area contributed by atoms with Crippen LogP contribution in [0.5, 0.6) is 5.75 Å². The van der Waals surface area contributed by atoms with Gasteiger partial charge in [-0.25, -0.2) is 4.79 Å². The molecule has 1 aromatic heterocycles. The van der Waals surface area contributed by atoms with Gasteiger partial charge in [-0.15, -0.1) is 0 Å². The molecule has 37 heavy (non-hydrogen) atoms. The number of rotatable bonds is 10. The number of carbonyl (C=O) groups is 1. The monoisotopic (exact) mass is 502 g/mol. The second-order valence-electron chi connectivity index (χ2n) is 9.66. The predicted octanol–water partition coefficient (Wildman–Crippen LogP) is 3.99. The SMILES string of the molecule is CC(C)CNC(=O)c1cccc(NCc2ccc(OCC(O)c3ccc4c(c3)n(C)c(=O)n4C)cc2)c1. The summed E-state index contributed by atoms with van der Waals surface area (Å²) in [5.41, 5.74) is 4.72. The van der Waals surface area contributed by atoms with Gasteiger partial charge < -0.3 is 20.5 Å². The highest BCUT2D eigenvalue weighted by atomic mass is 16.5. The van der Waals surface area contributed by atoms with E-state index in [1.807, 2.05) is 60.7 Å². The van der Waals surface area contributed by atoms with Gasteiger partial charge in [-0.2, -0.15) is 0 Å². The van der Waals surface area contributed by atoms with Gasteiger partial charge in [0.15, 0.2) is 0 Å². The molecule has 4 rings (SSSR count). The van der Waals surface area contributed by atoms with Crippen molar-refractivity contribution < 1.29 is 14.6 Å². The third-order valence-corrected chi connectivity index (χ3v) is 6.30. The molecule has 1 atom stereocenters. The summed E-state index contributed by atoms with van der Waals surface area (Å²) in [7, 11) is 3.45. The molecule has 3 aromatic carbocycles. The molecule has 0 aliphatic carbocycles. The Kier molecular flexibility index (Phi) is 7.98. The van der Waals surface area contributed by atoms with Gasteiger partial charge in [0.1, 0.15) is 18.5 Å². The van der Waals surface area contributed by atoms with Crippen molar-refractivity contribution in [3.8, 4) is 5.75 Å². The normalized spacial score (nSPS) is 12.1. The molecule has 0 saturated heterocycles. The van der Waals surface area contributed by atoms with Crippen molar-refractivity contribution in [1.29, 1.82) is 0 Å². The first-order chi connectivity index (χ1) is 17.7. The van der Waals surface area contributed by atoms with E-state index < -0.39 is 6.10 Å². The number of amides is 1. The lowest BCUT2D eigenvalue weighted by Crippen LogP contribution is -2.27. The highest BCUT2D eigenvalue weighted by Crippen LogP contribution is 2.21. The van der Waals surface area contributed by atoms with Crippen LogP contribution in [0, 0.1) is 5.92 Å². The van der Waals surface area contributed by atoms with Crippen molar-refractivity contribution in [3.05, 3.63) is 93.9 Å². The van der Waals surface area contributed by atoms with Gasteiger partial charge in [-0.3, -0.25) is 13.9 Å². The van der Waals surface area contributed by atoms with Gasteiger partial charge in [-0.1, -0.05) is 38.1 Å². The van der Waals surface area contributed by atoms with Crippen molar-refractivity contribution in [2.75, 3.05) is 18.5 Å². The molecule has 8 nitrogen and oxygen atoms in total. The number of fused-ring (bicyclic) bond motifs is 1. The van der Waals surface area contributed by atoms with E-state index in [2.05, 4.69) is 24.5 Å². The van der Waals surface area contributed by atoms with Crippen LogP contribution in [0.25, 0.3) is 11.0 Å². The molecule has 0 radical (unpaired) electrons.